The van der Waals surface area contributed by atoms with Crippen molar-refractivity contribution in [2.45, 2.75) is 20.4 Å². The average molecular weight is 444 g/mol. The van der Waals surface area contributed by atoms with Gasteiger partial charge in [-0.25, -0.2) is 4.98 Å². The van der Waals surface area contributed by atoms with E-state index in [1.807, 2.05) is 30.3 Å². The molecule has 0 unspecified atom stereocenters. The van der Waals surface area contributed by atoms with Gasteiger partial charge in [0.05, 0.1) is 23.9 Å². The first-order valence-electron chi connectivity index (χ1n) is 10.2. The van der Waals surface area contributed by atoms with Gasteiger partial charge in [-0.1, -0.05) is 29.5 Å². The minimum absolute atomic E-state index is 0.236. The van der Waals surface area contributed by atoms with Crippen LogP contribution in [0.4, 0.5) is 5.13 Å². The molecule has 5 rings (SSSR count). The van der Waals surface area contributed by atoms with Gasteiger partial charge in [0.25, 0.3) is 5.91 Å². The Morgan fingerprint density at radius 1 is 1.12 bits per heavy atom. The van der Waals surface area contributed by atoms with E-state index in [0.29, 0.717) is 23.0 Å². The van der Waals surface area contributed by atoms with Crippen LogP contribution in [-0.2, 0) is 6.54 Å². The number of carbonyl (C=O) groups is 1. The van der Waals surface area contributed by atoms with Gasteiger partial charge in [0.1, 0.15) is 0 Å². The van der Waals surface area contributed by atoms with Crippen LogP contribution in [0.25, 0.3) is 21.2 Å². The van der Waals surface area contributed by atoms with Crippen LogP contribution in [0.3, 0.4) is 0 Å². The fraction of sp³-hybridized carbons (Fsp3) is 0.160. The van der Waals surface area contributed by atoms with Crippen LogP contribution in [0.15, 0.2) is 65.3 Å². The quantitative estimate of drug-likeness (QED) is 0.338. The first-order chi connectivity index (χ1) is 15.5. The number of aromatic nitrogens is 2. The van der Waals surface area contributed by atoms with Crippen LogP contribution in [0, 0.1) is 13.8 Å². The number of aryl methyl sites for hydroxylation is 2. The summed E-state index contributed by atoms with van der Waals surface area (Å²) in [6.45, 7) is 4.47. The van der Waals surface area contributed by atoms with Crippen LogP contribution >= 0.6 is 11.3 Å². The van der Waals surface area contributed by atoms with Crippen molar-refractivity contribution in [1.29, 1.82) is 0 Å². The van der Waals surface area contributed by atoms with Crippen molar-refractivity contribution in [3.05, 3.63) is 83.4 Å². The van der Waals surface area contributed by atoms with E-state index < -0.39 is 0 Å². The van der Waals surface area contributed by atoms with Gasteiger partial charge >= 0.3 is 0 Å². The summed E-state index contributed by atoms with van der Waals surface area (Å²) in [7, 11) is 1.58. The second kappa shape index (κ2) is 8.09. The number of carbonyl (C=O) groups excluding carboxylic acids is 1. The topological polar surface area (TPSA) is 68.5 Å². The van der Waals surface area contributed by atoms with Crippen LogP contribution in [-0.4, -0.2) is 23.0 Å². The summed E-state index contributed by atoms with van der Waals surface area (Å²) in [6.07, 6.45) is 3.47. The SMILES string of the molecule is COc1cccc2cc(C(=O)N(Cc3cccnc3)c3nc4cc(C)c(C)cc4s3)oc12. The Balaban J connectivity index is 1.60. The molecule has 0 spiro atoms. The molecule has 0 aliphatic rings. The number of hydrogen-bond donors (Lipinski definition) is 0. The van der Waals surface area contributed by atoms with Gasteiger partial charge in [0.2, 0.25) is 0 Å². The molecule has 0 radical (unpaired) electrons. The van der Waals surface area contributed by atoms with Crippen molar-refractivity contribution in [1.82, 2.24) is 9.97 Å². The van der Waals surface area contributed by atoms with Crippen LogP contribution in [0.2, 0.25) is 0 Å². The molecule has 0 aliphatic heterocycles. The highest BCUT2D eigenvalue weighted by atomic mass is 32.1. The van der Waals surface area contributed by atoms with E-state index in [4.69, 9.17) is 14.1 Å². The third kappa shape index (κ3) is 3.61. The van der Waals surface area contributed by atoms with E-state index in [1.165, 1.54) is 22.5 Å². The predicted octanol–water partition coefficient (Wildman–Crippen LogP) is 5.91. The molecule has 3 aromatic heterocycles. The van der Waals surface area contributed by atoms with Crippen molar-refractivity contribution in [3.8, 4) is 5.75 Å². The monoisotopic (exact) mass is 443 g/mol. The molecule has 32 heavy (non-hydrogen) atoms. The number of para-hydroxylation sites is 1. The minimum atomic E-state index is -0.264. The molecule has 0 bridgehead atoms. The molecule has 7 heteroatoms. The number of nitrogens with zero attached hydrogens (tertiary/aromatic N) is 3. The average Bonchev–Trinajstić information content (AvgIpc) is 3.42. The molecular weight excluding hydrogens is 422 g/mol. The number of hydrogen-bond acceptors (Lipinski definition) is 6. The Hall–Kier alpha value is -3.71. The molecule has 5 aromatic rings. The van der Waals surface area contributed by atoms with Gasteiger partial charge in [-0.15, -0.1) is 0 Å². The summed E-state index contributed by atoms with van der Waals surface area (Å²) in [6, 6.07) is 15.3. The minimum Gasteiger partial charge on any atom is -0.493 e. The number of pyridine rings is 1. The van der Waals surface area contributed by atoms with Gasteiger partial charge in [0, 0.05) is 17.8 Å². The normalized spacial score (nSPS) is 11.2. The third-order valence-electron chi connectivity index (χ3n) is 5.47. The van der Waals surface area contributed by atoms with Gasteiger partial charge in [-0.2, -0.15) is 0 Å². The molecule has 0 aliphatic carbocycles. The summed E-state index contributed by atoms with van der Waals surface area (Å²) >= 11 is 1.49. The lowest BCUT2D eigenvalue weighted by Crippen LogP contribution is -2.30. The summed E-state index contributed by atoms with van der Waals surface area (Å²) in [5.41, 5.74) is 4.70. The van der Waals surface area contributed by atoms with Crippen LogP contribution in [0.1, 0.15) is 27.2 Å². The molecule has 0 saturated carbocycles. The van der Waals surface area contributed by atoms with Gasteiger partial charge in [-0.05, 0) is 60.9 Å². The van der Waals surface area contributed by atoms with E-state index in [2.05, 4.69) is 31.0 Å². The molecule has 160 valence electrons. The Labute approximate surface area is 189 Å². The van der Waals surface area contributed by atoms with Crippen LogP contribution < -0.4 is 9.64 Å². The molecular formula is C25H21N3O3S. The Kier molecular flexibility index (Phi) is 5.11. The van der Waals surface area contributed by atoms with E-state index in [0.717, 1.165) is 21.2 Å². The van der Waals surface area contributed by atoms with E-state index in [-0.39, 0.29) is 11.7 Å². The van der Waals surface area contributed by atoms with Crippen molar-refractivity contribution in [3.63, 3.8) is 0 Å². The number of ether oxygens (including phenoxy) is 1. The second-order valence-electron chi connectivity index (χ2n) is 7.64. The summed E-state index contributed by atoms with van der Waals surface area (Å²) in [5.74, 6) is 0.561. The highest BCUT2D eigenvalue weighted by Gasteiger charge is 2.25. The van der Waals surface area contributed by atoms with Gasteiger partial charge in [0.15, 0.2) is 22.2 Å². The summed E-state index contributed by atoms with van der Waals surface area (Å²) in [4.78, 5) is 24.3. The Bertz CT molecular complexity index is 1400. The smallest absolute Gasteiger partial charge is 0.296 e. The van der Waals surface area contributed by atoms with Crippen LogP contribution in [0.5, 0.6) is 5.75 Å². The number of thiazole rings is 1. The molecule has 0 atom stereocenters. The summed E-state index contributed by atoms with van der Waals surface area (Å²) < 4.78 is 12.4. The zero-order valence-electron chi connectivity index (χ0n) is 18.0. The van der Waals surface area contributed by atoms with E-state index >= 15 is 0 Å². The number of methoxy groups -OCH3 is 1. The van der Waals surface area contributed by atoms with E-state index in [1.54, 1.807) is 30.5 Å². The lowest BCUT2D eigenvalue weighted by molar-refractivity contribution is 0.0960. The molecule has 6 nitrogen and oxygen atoms in total. The molecule has 2 aromatic carbocycles. The Morgan fingerprint density at radius 3 is 2.75 bits per heavy atom. The number of amides is 1. The maximum Gasteiger partial charge on any atom is 0.296 e. The summed E-state index contributed by atoms with van der Waals surface area (Å²) in [5, 5.41) is 1.43. The lowest BCUT2D eigenvalue weighted by Gasteiger charge is -2.18. The van der Waals surface area contributed by atoms with Gasteiger partial charge in [-0.3, -0.25) is 14.7 Å². The van der Waals surface area contributed by atoms with Crippen molar-refractivity contribution in [2.24, 2.45) is 0 Å². The second-order valence-corrected chi connectivity index (χ2v) is 8.65. The number of benzene rings is 2. The lowest BCUT2D eigenvalue weighted by atomic mass is 10.1. The fourth-order valence-corrected chi connectivity index (χ4v) is 4.66. The third-order valence-corrected chi connectivity index (χ3v) is 6.51. The number of fused-ring (bicyclic) bond motifs is 2. The van der Waals surface area contributed by atoms with Gasteiger partial charge < -0.3 is 9.15 Å². The molecule has 0 fully saturated rings. The number of rotatable bonds is 5. The highest BCUT2D eigenvalue weighted by molar-refractivity contribution is 7.22. The maximum absolute atomic E-state index is 13.7. The van der Waals surface area contributed by atoms with Crippen molar-refractivity contribution in [2.75, 3.05) is 12.0 Å². The first-order valence-corrected chi connectivity index (χ1v) is 11.0. The molecule has 3 heterocycles. The number of anilines is 1. The fourth-order valence-electron chi connectivity index (χ4n) is 3.62. The standard InChI is InChI=1S/C25H21N3O3S/c1-15-10-19-22(11-16(15)2)32-25(27-19)28(14-17-6-5-9-26-13-17)24(29)21-12-18-7-4-8-20(30-3)23(18)31-21/h4-13H,14H2,1-3H3. The predicted molar refractivity (Wildman–Crippen MR) is 127 cm³/mol. The Morgan fingerprint density at radius 2 is 1.97 bits per heavy atom. The maximum atomic E-state index is 13.7. The number of furan rings is 1. The molecule has 1 amide bonds. The molecule has 0 N–H and O–H groups in total. The van der Waals surface area contributed by atoms with Crippen molar-refractivity contribution < 1.29 is 13.9 Å². The van der Waals surface area contributed by atoms with E-state index in [9.17, 15) is 4.79 Å². The zero-order valence-corrected chi connectivity index (χ0v) is 18.8. The molecule has 0 saturated heterocycles. The highest BCUT2D eigenvalue weighted by Crippen LogP contribution is 2.34. The zero-order chi connectivity index (χ0) is 22.2. The van der Waals surface area contributed by atoms with Crippen molar-refractivity contribution >= 4 is 43.6 Å². The first kappa shape index (κ1) is 20.2. The largest absolute Gasteiger partial charge is 0.493 e.